The van der Waals surface area contributed by atoms with Gasteiger partial charge >= 0.3 is 5.97 Å². The summed E-state index contributed by atoms with van der Waals surface area (Å²) in [7, 11) is 6.27. The summed E-state index contributed by atoms with van der Waals surface area (Å²) in [6.07, 6.45) is 2.44. The molecule has 3 aromatic carbocycles. The maximum absolute atomic E-state index is 11.8. The maximum atomic E-state index is 11.8. The summed E-state index contributed by atoms with van der Waals surface area (Å²) >= 11 is 0. The van der Waals surface area contributed by atoms with Gasteiger partial charge in [0, 0.05) is 23.6 Å². The van der Waals surface area contributed by atoms with Gasteiger partial charge in [0.2, 0.25) is 0 Å². The highest BCUT2D eigenvalue weighted by Gasteiger charge is 2.14. The molecular weight excluding hydrogens is 418 g/mol. The number of carbonyl (C=O) groups excluding carboxylic acids is 1. The van der Waals surface area contributed by atoms with Gasteiger partial charge in [-0.25, -0.2) is 4.79 Å². The van der Waals surface area contributed by atoms with Crippen LogP contribution in [0.4, 0.5) is 0 Å². The molecule has 1 heterocycles. The summed E-state index contributed by atoms with van der Waals surface area (Å²) in [5.74, 6) is 1.75. The Morgan fingerprint density at radius 2 is 1.52 bits per heavy atom. The molecule has 0 atom stereocenters. The van der Waals surface area contributed by atoms with Crippen LogP contribution in [0.3, 0.4) is 0 Å². The van der Waals surface area contributed by atoms with Crippen molar-refractivity contribution >= 4 is 16.7 Å². The number of rotatable bonds is 7. The van der Waals surface area contributed by atoms with Crippen molar-refractivity contribution in [3.05, 3.63) is 83.7 Å². The standard InChI is InChI=1S/C27H25NO5/c1-30-24-10-5-17(14-26(24)32-3)13-23-21-16-22(25(31-2)15-20(21)11-12-28-23)18-6-8-19(9-7-18)27(29)33-4/h5-12,14-16H,13H2,1-4H3. The van der Waals surface area contributed by atoms with Crippen molar-refractivity contribution in [2.75, 3.05) is 28.4 Å². The van der Waals surface area contributed by atoms with Gasteiger partial charge in [0.25, 0.3) is 0 Å². The molecule has 4 aromatic rings. The fourth-order valence-electron chi connectivity index (χ4n) is 3.88. The second-order valence-electron chi connectivity index (χ2n) is 7.47. The van der Waals surface area contributed by atoms with Gasteiger partial charge in [0.05, 0.1) is 39.7 Å². The number of benzene rings is 3. The first-order valence-corrected chi connectivity index (χ1v) is 10.4. The summed E-state index contributed by atoms with van der Waals surface area (Å²) in [6, 6.07) is 19.2. The molecule has 0 N–H and O–H groups in total. The molecule has 0 spiro atoms. The number of fused-ring (bicyclic) bond motifs is 1. The molecule has 1 aromatic heterocycles. The predicted octanol–water partition coefficient (Wildman–Crippen LogP) is 5.31. The fraction of sp³-hybridized carbons (Fsp3) is 0.185. The zero-order chi connectivity index (χ0) is 23.4. The summed E-state index contributed by atoms with van der Waals surface area (Å²) in [5.41, 5.74) is 4.35. The van der Waals surface area contributed by atoms with Crippen molar-refractivity contribution in [1.29, 1.82) is 0 Å². The summed E-state index contributed by atoms with van der Waals surface area (Å²) in [6.45, 7) is 0. The van der Waals surface area contributed by atoms with Crippen LogP contribution in [0.25, 0.3) is 21.9 Å². The maximum Gasteiger partial charge on any atom is 0.337 e. The van der Waals surface area contributed by atoms with Crippen molar-refractivity contribution < 1.29 is 23.7 Å². The highest BCUT2D eigenvalue weighted by Crippen LogP contribution is 2.36. The van der Waals surface area contributed by atoms with Crippen LogP contribution in [-0.4, -0.2) is 39.4 Å². The van der Waals surface area contributed by atoms with Crippen LogP contribution in [-0.2, 0) is 11.2 Å². The zero-order valence-corrected chi connectivity index (χ0v) is 19.0. The van der Waals surface area contributed by atoms with E-state index in [0.29, 0.717) is 23.5 Å². The van der Waals surface area contributed by atoms with Crippen molar-refractivity contribution in [3.8, 4) is 28.4 Å². The van der Waals surface area contributed by atoms with Gasteiger partial charge in [0.1, 0.15) is 5.75 Å². The lowest BCUT2D eigenvalue weighted by Crippen LogP contribution is -2.00. The third-order valence-corrected chi connectivity index (χ3v) is 5.60. The minimum Gasteiger partial charge on any atom is -0.496 e. The monoisotopic (exact) mass is 443 g/mol. The topological polar surface area (TPSA) is 66.9 Å². The van der Waals surface area contributed by atoms with E-state index in [1.165, 1.54) is 7.11 Å². The van der Waals surface area contributed by atoms with Crippen molar-refractivity contribution in [2.45, 2.75) is 6.42 Å². The molecule has 0 saturated carbocycles. The summed E-state index contributed by atoms with van der Waals surface area (Å²) < 4.78 is 21.3. The van der Waals surface area contributed by atoms with E-state index >= 15 is 0 Å². The molecule has 0 amide bonds. The van der Waals surface area contributed by atoms with E-state index < -0.39 is 0 Å². The predicted molar refractivity (Wildman–Crippen MR) is 127 cm³/mol. The van der Waals surface area contributed by atoms with Gasteiger partial charge in [-0.05, 0) is 59.0 Å². The van der Waals surface area contributed by atoms with Crippen LogP contribution in [0.2, 0.25) is 0 Å². The number of nitrogens with zero attached hydrogens (tertiary/aromatic N) is 1. The molecule has 0 aliphatic heterocycles. The molecule has 0 radical (unpaired) electrons. The zero-order valence-electron chi connectivity index (χ0n) is 19.0. The Morgan fingerprint density at radius 3 is 2.18 bits per heavy atom. The second kappa shape index (κ2) is 9.61. The Labute approximate surface area is 192 Å². The third-order valence-electron chi connectivity index (χ3n) is 5.60. The molecule has 0 fully saturated rings. The Bertz CT molecular complexity index is 1300. The molecule has 4 rings (SSSR count). The summed E-state index contributed by atoms with van der Waals surface area (Å²) in [5, 5.41) is 2.06. The second-order valence-corrected chi connectivity index (χ2v) is 7.47. The third kappa shape index (κ3) is 4.46. The fourth-order valence-corrected chi connectivity index (χ4v) is 3.88. The molecule has 168 valence electrons. The number of aromatic nitrogens is 1. The highest BCUT2D eigenvalue weighted by atomic mass is 16.5. The van der Waals surface area contributed by atoms with Crippen LogP contribution in [0.1, 0.15) is 21.6 Å². The lowest BCUT2D eigenvalue weighted by atomic mass is 9.97. The van der Waals surface area contributed by atoms with Crippen molar-refractivity contribution in [1.82, 2.24) is 4.98 Å². The molecule has 0 saturated heterocycles. The average Bonchev–Trinajstić information content (AvgIpc) is 2.87. The number of pyridine rings is 1. The highest BCUT2D eigenvalue weighted by molar-refractivity contribution is 5.93. The number of ether oxygens (including phenoxy) is 4. The van der Waals surface area contributed by atoms with Crippen LogP contribution >= 0.6 is 0 Å². The number of methoxy groups -OCH3 is 4. The molecule has 0 aliphatic carbocycles. The molecule has 6 heteroatoms. The van der Waals surface area contributed by atoms with Gasteiger partial charge in [-0.15, -0.1) is 0 Å². The van der Waals surface area contributed by atoms with Crippen molar-refractivity contribution in [3.63, 3.8) is 0 Å². The smallest absolute Gasteiger partial charge is 0.337 e. The number of carbonyl (C=O) groups is 1. The number of hydrogen-bond donors (Lipinski definition) is 0. The Morgan fingerprint density at radius 1 is 0.788 bits per heavy atom. The van der Waals surface area contributed by atoms with Crippen LogP contribution in [0.5, 0.6) is 17.2 Å². The molecule has 0 unspecified atom stereocenters. The SMILES string of the molecule is COC(=O)c1ccc(-c2cc3c(Cc4ccc(OC)c(OC)c4)nccc3cc2OC)cc1. The van der Waals surface area contributed by atoms with Gasteiger partial charge < -0.3 is 18.9 Å². The first-order valence-electron chi connectivity index (χ1n) is 10.4. The van der Waals surface area contributed by atoms with E-state index in [1.807, 2.05) is 48.7 Å². The van der Waals surface area contributed by atoms with E-state index in [-0.39, 0.29) is 5.97 Å². The first-order chi connectivity index (χ1) is 16.1. The molecule has 33 heavy (non-hydrogen) atoms. The van der Waals surface area contributed by atoms with E-state index in [1.54, 1.807) is 33.5 Å². The Hall–Kier alpha value is -4.06. The van der Waals surface area contributed by atoms with Crippen molar-refractivity contribution in [2.24, 2.45) is 0 Å². The largest absolute Gasteiger partial charge is 0.496 e. The lowest BCUT2D eigenvalue weighted by molar-refractivity contribution is 0.0600. The van der Waals surface area contributed by atoms with Gasteiger partial charge in [-0.2, -0.15) is 0 Å². The van der Waals surface area contributed by atoms with Crippen LogP contribution in [0, 0.1) is 0 Å². The normalized spacial score (nSPS) is 10.7. The summed E-state index contributed by atoms with van der Waals surface area (Å²) in [4.78, 5) is 16.5. The van der Waals surface area contributed by atoms with E-state index in [4.69, 9.17) is 18.9 Å². The minimum atomic E-state index is -0.367. The molecular formula is C27H25NO5. The average molecular weight is 443 g/mol. The molecule has 0 aliphatic rings. The number of hydrogen-bond acceptors (Lipinski definition) is 6. The van der Waals surface area contributed by atoms with Gasteiger partial charge in [-0.1, -0.05) is 18.2 Å². The van der Waals surface area contributed by atoms with Gasteiger partial charge in [0.15, 0.2) is 11.5 Å². The number of esters is 1. The van der Waals surface area contributed by atoms with Crippen LogP contribution < -0.4 is 14.2 Å². The molecule has 6 nitrogen and oxygen atoms in total. The van der Waals surface area contributed by atoms with Crippen LogP contribution in [0.15, 0.2) is 66.9 Å². The molecule has 0 bridgehead atoms. The minimum absolute atomic E-state index is 0.367. The quantitative estimate of drug-likeness (QED) is 0.361. The van der Waals surface area contributed by atoms with E-state index in [2.05, 4.69) is 11.1 Å². The van der Waals surface area contributed by atoms with E-state index in [9.17, 15) is 4.79 Å². The van der Waals surface area contributed by atoms with Gasteiger partial charge in [-0.3, -0.25) is 4.98 Å². The van der Waals surface area contributed by atoms with E-state index in [0.717, 1.165) is 38.9 Å². The lowest BCUT2D eigenvalue weighted by Gasteiger charge is -2.14. The Balaban J connectivity index is 1.78. The Kier molecular flexibility index (Phi) is 6.45. The first kappa shape index (κ1) is 22.1.